The number of aryl methyl sites for hydroxylation is 3. The quantitative estimate of drug-likeness (QED) is 0.777. The van der Waals surface area contributed by atoms with Gasteiger partial charge in [0.25, 0.3) is 0 Å². The number of nitrogens with zero attached hydrogens (tertiary/aromatic N) is 5. The third kappa shape index (κ3) is 3.89. The molecule has 0 amide bonds. The fourth-order valence-corrected chi connectivity index (χ4v) is 1.99. The highest BCUT2D eigenvalue weighted by Gasteiger charge is 2.03. The van der Waals surface area contributed by atoms with Crippen molar-refractivity contribution < 1.29 is 0 Å². The SMILES string of the molecule is CCCc1nccn1CCn1cc(CNCC)nn1. The van der Waals surface area contributed by atoms with Crippen molar-refractivity contribution in [1.82, 2.24) is 29.9 Å². The lowest BCUT2D eigenvalue weighted by atomic mass is 10.3. The minimum Gasteiger partial charge on any atom is -0.333 e. The van der Waals surface area contributed by atoms with Gasteiger partial charge in [0.1, 0.15) is 5.82 Å². The van der Waals surface area contributed by atoms with Crippen LogP contribution in [0.4, 0.5) is 0 Å². The van der Waals surface area contributed by atoms with Crippen molar-refractivity contribution in [2.75, 3.05) is 6.54 Å². The molecule has 0 fully saturated rings. The molecule has 19 heavy (non-hydrogen) atoms. The van der Waals surface area contributed by atoms with Crippen molar-refractivity contribution in [3.05, 3.63) is 30.1 Å². The van der Waals surface area contributed by atoms with Crippen molar-refractivity contribution in [2.45, 2.75) is 46.3 Å². The van der Waals surface area contributed by atoms with Gasteiger partial charge in [-0.3, -0.25) is 4.68 Å². The second kappa shape index (κ2) is 7.04. The summed E-state index contributed by atoms with van der Waals surface area (Å²) < 4.78 is 4.08. The third-order valence-corrected chi connectivity index (χ3v) is 2.99. The van der Waals surface area contributed by atoms with Crippen LogP contribution in [0.15, 0.2) is 18.6 Å². The Hall–Kier alpha value is -1.69. The van der Waals surface area contributed by atoms with Crippen molar-refractivity contribution in [3.8, 4) is 0 Å². The first-order chi connectivity index (χ1) is 9.33. The first-order valence-electron chi connectivity index (χ1n) is 6.93. The molecule has 0 bridgehead atoms. The summed E-state index contributed by atoms with van der Waals surface area (Å²) in [5, 5.41) is 11.5. The highest BCUT2D eigenvalue weighted by atomic mass is 15.4. The van der Waals surface area contributed by atoms with E-state index in [1.165, 1.54) is 0 Å². The first-order valence-corrected chi connectivity index (χ1v) is 6.93. The zero-order valence-corrected chi connectivity index (χ0v) is 11.7. The average Bonchev–Trinajstić information content (AvgIpc) is 3.03. The third-order valence-electron chi connectivity index (χ3n) is 2.99. The number of rotatable bonds is 8. The maximum atomic E-state index is 4.37. The van der Waals surface area contributed by atoms with Crippen LogP contribution in [-0.2, 0) is 26.1 Å². The number of imidazole rings is 1. The van der Waals surface area contributed by atoms with E-state index in [-0.39, 0.29) is 0 Å². The van der Waals surface area contributed by atoms with E-state index in [2.05, 4.69) is 39.0 Å². The number of hydrogen-bond donors (Lipinski definition) is 1. The normalized spacial score (nSPS) is 11.1. The highest BCUT2D eigenvalue weighted by Crippen LogP contribution is 2.02. The van der Waals surface area contributed by atoms with E-state index in [0.29, 0.717) is 0 Å². The molecule has 0 saturated heterocycles. The molecule has 0 aliphatic rings. The van der Waals surface area contributed by atoms with E-state index in [1.54, 1.807) is 0 Å². The molecule has 0 aliphatic heterocycles. The number of nitrogens with one attached hydrogen (secondary N) is 1. The molecule has 2 aromatic heterocycles. The van der Waals surface area contributed by atoms with E-state index >= 15 is 0 Å². The predicted octanol–water partition coefficient (Wildman–Crippen LogP) is 1.24. The molecule has 2 heterocycles. The summed E-state index contributed by atoms with van der Waals surface area (Å²) in [5.74, 6) is 1.15. The van der Waals surface area contributed by atoms with Crippen molar-refractivity contribution in [1.29, 1.82) is 0 Å². The van der Waals surface area contributed by atoms with Gasteiger partial charge in [0.15, 0.2) is 0 Å². The molecule has 0 aliphatic carbocycles. The number of hydrogen-bond acceptors (Lipinski definition) is 4. The van der Waals surface area contributed by atoms with Gasteiger partial charge in [-0.1, -0.05) is 19.1 Å². The molecule has 104 valence electrons. The van der Waals surface area contributed by atoms with Crippen LogP contribution in [-0.4, -0.2) is 31.1 Å². The summed E-state index contributed by atoms with van der Waals surface area (Å²) in [6, 6.07) is 0. The van der Waals surface area contributed by atoms with E-state index in [9.17, 15) is 0 Å². The topological polar surface area (TPSA) is 60.6 Å². The standard InChI is InChI=1S/C13H22N6/c1-3-5-13-15-6-7-18(13)8-9-19-11-12(16-17-19)10-14-4-2/h6-7,11,14H,3-5,8-10H2,1-2H3. The lowest BCUT2D eigenvalue weighted by molar-refractivity contribution is 0.506. The number of aromatic nitrogens is 5. The molecule has 0 unspecified atom stereocenters. The lowest BCUT2D eigenvalue weighted by Crippen LogP contribution is -2.12. The van der Waals surface area contributed by atoms with Crippen LogP contribution in [0.1, 0.15) is 31.8 Å². The molecule has 0 radical (unpaired) electrons. The van der Waals surface area contributed by atoms with Gasteiger partial charge in [-0.2, -0.15) is 0 Å². The summed E-state index contributed by atoms with van der Waals surface area (Å²) in [7, 11) is 0. The van der Waals surface area contributed by atoms with Crippen LogP contribution in [0.5, 0.6) is 0 Å². The Bertz CT molecular complexity index is 487. The summed E-state index contributed by atoms with van der Waals surface area (Å²) in [5.41, 5.74) is 0.987. The minimum absolute atomic E-state index is 0.780. The van der Waals surface area contributed by atoms with E-state index in [1.807, 2.05) is 23.3 Å². The molecular formula is C13H22N6. The van der Waals surface area contributed by atoms with Crippen LogP contribution >= 0.6 is 0 Å². The van der Waals surface area contributed by atoms with Crippen molar-refractivity contribution in [2.24, 2.45) is 0 Å². The molecule has 1 N–H and O–H groups in total. The van der Waals surface area contributed by atoms with Crippen LogP contribution in [0.25, 0.3) is 0 Å². The Kier molecular flexibility index (Phi) is 5.09. The summed E-state index contributed by atoms with van der Waals surface area (Å²) >= 11 is 0. The smallest absolute Gasteiger partial charge is 0.108 e. The zero-order valence-electron chi connectivity index (χ0n) is 11.7. The Morgan fingerprint density at radius 3 is 2.95 bits per heavy atom. The van der Waals surface area contributed by atoms with Crippen molar-refractivity contribution >= 4 is 0 Å². The van der Waals surface area contributed by atoms with Crippen LogP contribution in [0.2, 0.25) is 0 Å². The Labute approximate surface area is 113 Å². The van der Waals surface area contributed by atoms with Gasteiger partial charge in [0.05, 0.1) is 12.2 Å². The van der Waals surface area contributed by atoms with Crippen molar-refractivity contribution in [3.63, 3.8) is 0 Å². The van der Waals surface area contributed by atoms with E-state index in [4.69, 9.17) is 0 Å². The Morgan fingerprint density at radius 1 is 1.26 bits per heavy atom. The molecule has 0 spiro atoms. The lowest BCUT2D eigenvalue weighted by Gasteiger charge is -2.06. The Morgan fingerprint density at radius 2 is 2.16 bits per heavy atom. The van der Waals surface area contributed by atoms with Crippen LogP contribution in [0, 0.1) is 0 Å². The summed E-state index contributed by atoms with van der Waals surface area (Å²) in [6.45, 7) is 7.69. The first kappa shape index (κ1) is 13.7. The molecule has 2 aromatic rings. The van der Waals surface area contributed by atoms with Gasteiger partial charge < -0.3 is 9.88 Å². The molecule has 0 atom stereocenters. The highest BCUT2D eigenvalue weighted by molar-refractivity contribution is 4.93. The maximum absolute atomic E-state index is 4.37. The van der Waals surface area contributed by atoms with Gasteiger partial charge in [-0.05, 0) is 13.0 Å². The average molecular weight is 262 g/mol. The Balaban J connectivity index is 1.87. The van der Waals surface area contributed by atoms with E-state index < -0.39 is 0 Å². The molecule has 2 rings (SSSR count). The van der Waals surface area contributed by atoms with Gasteiger partial charge in [0, 0.05) is 38.1 Å². The van der Waals surface area contributed by atoms with Gasteiger partial charge >= 0.3 is 0 Å². The maximum Gasteiger partial charge on any atom is 0.108 e. The van der Waals surface area contributed by atoms with Gasteiger partial charge in [-0.15, -0.1) is 5.10 Å². The predicted molar refractivity (Wildman–Crippen MR) is 73.6 cm³/mol. The van der Waals surface area contributed by atoms with Gasteiger partial charge in [0.2, 0.25) is 0 Å². The molecule has 0 saturated carbocycles. The summed E-state index contributed by atoms with van der Waals surface area (Å²) in [4.78, 5) is 4.37. The summed E-state index contributed by atoms with van der Waals surface area (Å²) in [6.07, 6.45) is 8.03. The fraction of sp³-hybridized carbons (Fsp3) is 0.615. The zero-order chi connectivity index (χ0) is 13.5. The van der Waals surface area contributed by atoms with E-state index in [0.717, 1.165) is 50.5 Å². The second-order valence-corrected chi connectivity index (χ2v) is 4.54. The molecular weight excluding hydrogens is 240 g/mol. The second-order valence-electron chi connectivity index (χ2n) is 4.54. The van der Waals surface area contributed by atoms with Crippen LogP contribution < -0.4 is 5.32 Å². The van der Waals surface area contributed by atoms with Crippen LogP contribution in [0.3, 0.4) is 0 Å². The minimum atomic E-state index is 0.780. The fourth-order valence-electron chi connectivity index (χ4n) is 1.99. The molecule has 6 heteroatoms. The molecule has 6 nitrogen and oxygen atoms in total. The van der Waals surface area contributed by atoms with Gasteiger partial charge in [-0.25, -0.2) is 4.98 Å². The monoisotopic (exact) mass is 262 g/mol. The molecule has 0 aromatic carbocycles. The largest absolute Gasteiger partial charge is 0.333 e.